The Hall–Kier alpha value is -2.54. The summed E-state index contributed by atoms with van der Waals surface area (Å²) in [6, 6.07) is 11.4. The molecule has 0 amide bonds. The maximum absolute atomic E-state index is 12.6. The Morgan fingerprint density at radius 3 is 2.76 bits per heavy atom. The van der Waals surface area contributed by atoms with Gasteiger partial charge in [0.05, 0.1) is 12.2 Å². The molecule has 1 aliphatic rings. The van der Waals surface area contributed by atoms with Gasteiger partial charge in [-0.2, -0.15) is 5.26 Å². The quantitative estimate of drug-likeness (QED) is 0.868. The van der Waals surface area contributed by atoms with Crippen LogP contribution >= 0.6 is 0 Å². The van der Waals surface area contributed by atoms with E-state index in [0.29, 0.717) is 24.3 Å². The maximum Gasteiger partial charge on any atom is 0.258 e. The molecule has 0 N–H and O–H groups in total. The van der Waals surface area contributed by atoms with Gasteiger partial charge in [-0.3, -0.25) is 4.79 Å². The molecule has 1 aromatic heterocycles. The summed E-state index contributed by atoms with van der Waals surface area (Å²) in [6.45, 7) is 3.24. The molecule has 1 aliphatic heterocycles. The second-order valence-electron chi connectivity index (χ2n) is 5.05. The summed E-state index contributed by atoms with van der Waals surface area (Å²) in [5.74, 6) is 0.781. The average molecular weight is 280 g/mol. The van der Waals surface area contributed by atoms with Crippen molar-refractivity contribution >= 4 is 0 Å². The van der Waals surface area contributed by atoms with Crippen LogP contribution in [0.5, 0.6) is 5.75 Å². The number of hydrogen-bond donors (Lipinski definition) is 0. The lowest BCUT2D eigenvalue weighted by Gasteiger charge is -2.10. The standard InChI is InChI=1S/C17H16N2O2/c1-2-21-14-7-5-12(6-8-14)15-10-13(11-18)16-4-3-9-19(16)17(15)20/h5-8,10H,2-4,9H2,1H3. The Morgan fingerprint density at radius 1 is 1.33 bits per heavy atom. The van der Waals surface area contributed by atoms with E-state index in [-0.39, 0.29) is 5.56 Å². The molecular weight excluding hydrogens is 264 g/mol. The molecule has 0 spiro atoms. The monoisotopic (exact) mass is 280 g/mol. The molecule has 0 bridgehead atoms. The van der Waals surface area contributed by atoms with E-state index in [0.717, 1.165) is 29.8 Å². The lowest BCUT2D eigenvalue weighted by molar-refractivity contribution is 0.340. The van der Waals surface area contributed by atoms with Crippen molar-refractivity contribution in [3.63, 3.8) is 0 Å². The van der Waals surface area contributed by atoms with Crippen molar-refractivity contribution in [1.82, 2.24) is 4.57 Å². The van der Waals surface area contributed by atoms with Crippen LogP contribution in [-0.4, -0.2) is 11.2 Å². The van der Waals surface area contributed by atoms with E-state index in [1.807, 2.05) is 31.2 Å². The minimum Gasteiger partial charge on any atom is -0.494 e. The zero-order valence-corrected chi connectivity index (χ0v) is 11.9. The summed E-state index contributed by atoms with van der Waals surface area (Å²) in [5.41, 5.74) is 2.88. The van der Waals surface area contributed by atoms with Gasteiger partial charge in [0.15, 0.2) is 0 Å². The van der Waals surface area contributed by atoms with E-state index >= 15 is 0 Å². The van der Waals surface area contributed by atoms with Gasteiger partial charge in [-0.1, -0.05) is 12.1 Å². The number of ether oxygens (including phenoxy) is 1. The molecule has 2 aromatic rings. The summed E-state index contributed by atoms with van der Waals surface area (Å²) < 4.78 is 7.15. The first-order valence-corrected chi connectivity index (χ1v) is 7.14. The second-order valence-corrected chi connectivity index (χ2v) is 5.05. The zero-order valence-electron chi connectivity index (χ0n) is 11.9. The van der Waals surface area contributed by atoms with Crippen molar-refractivity contribution in [2.45, 2.75) is 26.3 Å². The van der Waals surface area contributed by atoms with Gasteiger partial charge in [0.2, 0.25) is 0 Å². The second kappa shape index (κ2) is 5.45. The molecule has 2 heterocycles. The molecule has 3 rings (SSSR count). The number of nitrogens with zero attached hydrogens (tertiary/aromatic N) is 2. The van der Waals surface area contributed by atoms with E-state index in [9.17, 15) is 10.1 Å². The molecule has 0 atom stereocenters. The van der Waals surface area contributed by atoms with Crippen LogP contribution in [0.25, 0.3) is 11.1 Å². The van der Waals surface area contributed by atoms with Crippen molar-refractivity contribution in [2.75, 3.05) is 6.61 Å². The lowest BCUT2D eigenvalue weighted by Crippen LogP contribution is -2.22. The SMILES string of the molecule is CCOc1ccc(-c2cc(C#N)c3n(c2=O)CCC3)cc1. The highest BCUT2D eigenvalue weighted by molar-refractivity contribution is 5.65. The predicted octanol–water partition coefficient (Wildman–Crippen LogP) is 2.73. The summed E-state index contributed by atoms with van der Waals surface area (Å²) >= 11 is 0. The molecule has 0 saturated heterocycles. The number of fused-ring (bicyclic) bond motifs is 1. The van der Waals surface area contributed by atoms with Gasteiger partial charge in [-0.25, -0.2) is 0 Å². The van der Waals surface area contributed by atoms with Gasteiger partial charge in [0.25, 0.3) is 5.56 Å². The van der Waals surface area contributed by atoms with Crippen LogP contribution in [0.3, 0.4) is 0 Å². The zero-order chi connectivity index (χ0) is 14.8. The van der Waals surface area contributed by atoms with Gasteiger partial charge in [0, 0.05) is 17.8 Å². The van der Waals surface area contributed by atoms with Crippen molar-refractivity contribution < 1.29 is 4.74 Å². The fraction of sp³-hybridized carbons (Fsp3) is 0.294. The molecule has 0 fully saturated rings. The highest BCUT2D eigenvalue weighted by atomic mass is 16.5. The first kappa shape index (κ1) is 13.4. The van der Waals surface area contributed by atoms with Crippen molar-refractivity contribution in [3.8, 4) is 22.9 Å². The first-order chi connectivity index (χ1) is 10.2. The average Bonchev–Trinajstić information content (AvgIpc) is 2.99. The smallest absolute Gasteiger partial charge is 0.258 e. The van der Waals surface area contributed by atoms with Gasteiger partial charge < -0.3 is 9.30 Å². The Bertz CT molecular complexity index is 767. The maximum atomic E-state index is 12.6. The van der Waals surface area contributed by atoms with E-state index in [4.69, 9.17) is 4.74 Å². The van der Waals surface area contributed by atoms with E-state index in [1.165, 1.54) is 0 Å². The van der Waals surface area contributed by atoms with Crippen molar-refractivity contribution in [1.29, 1.82) is 5.26 Å². The number of nitriles is 1. The van der Waals surface area contributed by atoms with Crippen LogP contribution in [0.4, 0.5) is 0 Å². The van der Waals surface area contributed by atoms with Crippen molar-refractivity contribution in [2.24, 2.45) is 0 Å². The highest BCUT2D eigenvalue weighted by Crippen LogP contribution is 2.24. The summed E-state index contributed by atoms with van der Waals surface area (Å²) in [4.78, 5) is 12.6. The molecule has 0 unspecified atom stereocenters. The minimum absolute atomic E-state index is 0.00865. The Kier molecular flexibility index (Phi) is 3.49. The molecule has 1 aromatic carbocycles. The third-order valence-electron chi connectivity index (χ3n) is 3.79. The summed E-state index contributed by atoms with van der Waals surface area (Å²) in [7, 11) is 0. The normalized spacial score (nSPS) is 12.8. The Morgan fingerprint density at radius 2 is 2.10 bits per heavy atom. The summed E-state index contributed by atoms with van der Waals surface area (Å²) in [5, 5.41) is 9.29. The molecule has 0 aliphatic carbocycles. The number of rotatable bonds is 3. The van der Waals surface area contributed by atoms with Crippen LogP contribution in [0.1, 0.15) is 24.6 Å². The van der Waals surface area contributed by atoms with Crippen molar-refractivity contribution in [3.05, 3.63) is 51.9 Å². The minimum atomic E-state index is -0.00865. The highest BCUT2D eigenvalue weighted by Gasteiger charge is 2.19. The molecular formula is C17H16N2O2. The number of benzene rings is 1. The van der Waals surface area contributed by atoms with Crippen LogP contribution in [0.15, 0.2) is 35.1 Å². The number of hydrogen-bond acceptors (Lipinski definition) is 3. The molecule has 0 saturated carbocycles. The summed E-state index contributed by atoms with van der Waals surface area (Å²) in [6.07, 6.45) is 1.73. The topological polar surface area (TPSA) is 55.0 Å². The van der Waals surface area contributed by atoms with E-state index < -0.39 is 0 Å². The lowest BCUT2D eigenvalue weighted by atomic mass is 10.0. The van der Waals surface area contributed by atoms with Gasteiger partial charge in [-0.05, 0) is 43.5 Å². The van der Waals surface area contributed by atoms with E-state index in [1.54, 1.807) is 10.6 Å². The van der Waals surface area contributed by atoms with E-state index in [2.05, 4.69) is 6.07 Å². The molecule has 21 heavy (non-hydrogen) atoms. The molecule has 4 heteroatoms. The Balaban J connectivity index is 2.11. The van der Waals surface area contributed by atoms with Crippen LogP contribution in [-0.2, 0) is 13.0 Å². The fourth-order valence-electron chi connectivity index (χ4n) is 2.81. The Labute approximate surface area is 123 Å². The molecule has 106 valence electrons. The number of pyridine rings is 1. The fourth-order valence-corrected chi connectivity index (χ4v) is 2.81. The van der Waals surface area contributed by atoms with Gasteiger partial charge >= 0.3 is 0 Å². The van der Waals surface area contributed by atoms with Gasteiger partial charge in [0.1, 0.15) is 11.8 Å². The third kappa shape index (κ3) is 2.31. The number of aromatic nitrogens is 1. The first-order valence-electron chi connectivity index (χ1n) is 7.14. The largest absolute Gasteiger partial charge is 0.494 e. The predicted molar refractivity (Wildman–Crippen MR) is 80.3 cm³/mol. The molecule has 0 radical (unpaired) electrons. The van der Waals surface area contributed by atoms with Gasteiger partial charge in [-0.15, -0.1) is 0 Å². The van der Waals surface area contributed by atoms with Crippen LogP contribution < -0.4 is 10.3 Å². The van der Waals surface area contributed by atoms with Crippen LogP contribution in [0, 0.1) is 11.3 Å². The third-order valence-corrected chi connectivity index (χ3v) is 3.79. The molecule has 4 nitrogen and oxygen atoms in total. The van der Waals surface area contributed by atoms with Crippen LogP contribution in [0.2, 0.25) is 0 Å².